The first-order chi connectivity index (χ1) is 12.8. The summed E-state index contributed by atoms with van der Waals surface area (Å²) >= 11 is 0. The molecule has 1 aromatic carbocycles. The van der Waals surface area contributed by atoms with E-state index < -0.39 is 0 Å². The maximum atomic E-state index is 12.9. The lowest BCUT2D eigenvalue weighted by Gasteiger charge is -2.40. The Hall–Kier alpha value is -2.08. The summed E-state index contributed by atoms with van der Waals surface area (Å²) in [5.74, 6) is 0.0745. The van der Waals surface area contributed by atoms with Gasteiger partial charge in [0.05, 0.1) is 12.5 Å². The number of carbonyl (C=O) groups excluding carboxylic acids is 2. The van der Waals surface area contributed by atoms with Crippen LogP contribution in [-0.4, -0.2) is 73.5 Å². The van der Waals surface area contributed by atoms with Gasteiger partial charge in [-0.25, -0.2) is 0 Å². The molecule has 0 aliphatic carbocycles. The lowest BCUT2D eigenvalue weighted by molar-refractivity contribution is -0.139. The number of piperazine rings is 2. The largest absolute Gasteiger partial charge is 0.368 e. The molecule has 2 aliphatic heterocycles. The van der Waals surface area contributed by atoms with E-state index in [0.29, 0.717) is 19.6 Å². The highest BCUT2D eigenvalue weighted by Crippen LogP contribution is 2.21. The molecule has 3 rings (SSSR count). The standard InChI is InChI=1S/C21H32N4O2/c1-21(2,3)16-25-10-9-22-20(27)18(25)15-19(26)24-13-11-23(12-14-24)17-7-5-4-6-8-17/h4-8,18H,9-16H2,1-3H3,(H,22,27)/t18-/m1/s1. The molecule has 1 atom stereocenters. The van der Waals surface area contributed by atoms with Gasteiger partial charge in [0.25, 0.3) is 0 Å². The van der Waals surface area contributed by atoms with E-state index in [4.69, 9.17) is 0 Å². The molecule has 148 valence electrons. The number of anilines is 1. The normalized spacial score (nSPS) is 21.9. The zero-order valence-corrected chi connectivity index (χ0v) is 16.8. The van der Waals surface area contributed by atoms with Crippen molar-refractivity contribution in [2.75, 3.05) is 50.7 Å². The van der Waals surface area contributed by atoms with E-state index in [1.807, 2.05) is 23.1 Å². The summed E-state index contributed by atoms with van der Waals surface area (Å²) < 4.78 is 0. The molecule has 0 saturated carbocycles. The summed E-state index contributed by atoms with van der Waals surface area (Å²) in [6.07, 6.45) is 0.271. The van der Waals surface area contributed by atoms with Crippen molar-refractivity contribution >= 4 is 17.5 Å². The van der Waals surface area contributed by atoms with Gasteiger partial charge in [-0.2, -0.15) is 0 Å². The molecule has 6 nitrogen and oxygen atoms in total. The fourth-order valence-corrected chi connectivity index (χ4v) is 3.93. The molecular weight excluding hydrogens is 340 g/mol. The zero-order chi connectivity index (χ0) is 19.4. The second-order valence-corrected chi connectivity index (χ2v) is 8.75. The minimum Gasteiger partial charge on any atom is -0.368 e. The number of carbonyl (C=O) groups is 2. The number of hydrogen-bond donors (Lipinski definition) is 1. The molecule has 0 spiro atoms. The van der Waals surface area contributed by atoms with Crippen molar-refractivity contribution in [3.8, 4) is 0 Å². The predicted octanol–water partition coefficient (Wildman–Crippen LogP) is 1.57. The van der Waals surface area contributed by atoms with Crippen LogP contribution < -0.4 is 10.2 Å². The highest BCUT2D eigenvalue weighted by atomic mass is 16.2. The molecule has 1 aromatic rings. The third kappa shape index (κ3) is 5.22. The summed E-state index contributed by atoms with van der Waals surface area (Å²) in [5, 5.41) is 2.93. The molecule has 0 radical (unpaired) electrons. The van der Waals surface area contributed by atoms with Crippen molar-refractivity contribution in [2.45, 2.75) is 33.2 Å². The maximum Gasteiger partial charge on any atom is 0.237 e. The molecule has 27 heavy (non-hydrogen) atoms. The number of hydrogen-bond acceptors (Lipinski definition) is 4. The Kier molecular flexibility index (Phi) is 6.05. The van der Waals surface area contributed by atoms with Crippen molar-refractivity contribution < 1.29 is 9.59 Å². The van der Waals surface area contributed by atoms with E-state index >= 15 is 0 Å². The smallest absolute Gasteiger partial charge is 0.237 e. The Morgan fingerprint density at radius 3 is 2.37 bits per heavy atom. The van der Waals surface area contributed by atoms with E-state index in [0.717, 1.165) is 26.2 Å². The van der Waals surface area contributed by atoms with Crippen LogP contribution in [0, 0.1) is 5.41 Å². The Balaban J connectivity index is 1.57. The lowest BCUT2D eigenvalue weighted by atomic mass is 9.94. The van der Waals surface area contributed by atoms with Gasteiger partial charge in [0.2, 0.25) is 11.8 Å². The molecule has 1 N–H and O–H groups in total. The van der Waals surface area contributed by atoms with Crippen LogP contribution >= 0.6 is 0 Å². The number of nitrogens with zero attached hydrogens (tertiary/aromatic N) is 3. The van der Waals surface area contributed by atoms with Gasteiger partial charge in [-0.15, -0.1) is 0 Å². The second-order valence-electron chi connectivity index (χ2n) is 8.75. The van der Waals surface area contributed by atoms with E-state index in [2.05, 4.69) is 48.0 Å². The summed E-state index contributed by atoms with van der Waals surface area (Å²) in [6, 6.07) is 9.96. The Bertz CT molecular complexity index is 648. The molecule has 2 aliphatic rings. The first-order valence-corrected chi connectivity index (χ1v) is 9.93. The summed E-state index contributed by atoms with van der Waals surface area (Å²) in [5.41, 5.74) is 1.30. The molecule has 2 fully saturated rings. The van der Waals surface area contributed by atoms with Crippen LogP contribution in [-0.2, 0) is 9.59 Å². The van der Waals surface area contributed by atoms with Gasteiger partial charge >= 0.3 is 0 Å². The van der Waals surface area contributed by atoms with Crippen LogP contribution in [0.25, 0.3) is 0 Å². The van der Waals surface area contributed by atoms with Gasteiger partial charge < -0.3 is 15.1 Å². The van der Waals surface area contributed by atoms with Crippen molar-refractivity contribution in [1.29, 1.82) is 0 Å². The van der Waals surface area contributed by atoms with Crippen LogP contribution in [0.1, 0.15) is 27.2 Å². The van der Waals surface area contributed by atoms with Crippen molar-refractivity contribution in [2.24, 2.45) is 5.41 Å². The van der Waals surface area contributed by atoms with E-state index in [1.165, 1.54) is 5.69 Å². The minimum atomic E-state index is -0.349. The van der Waals surface area contributed by atoms with Crippen LogP contribution in [0.2, 0.25) is 0 Å². The second kappa shape index (κ2) is 8.30. The number of nitrogens with one attached hydrogen (secondary N) is 1. The minimum absolute atomic E-state index is 0.0122. The van der Waals surface area contributed by atoms with Gasteiger partial charge in [-0.05, 0) is 17.5 Å². The van der Waals surface area contributed by atoms with Gasteiger partial charge in [-0.1, -0.05) is 39.0 Å². The SMILES string of the molecule is CC(C)(C)CN1CCNC(=O)[C@H]1CC(=O)N1CCN(c2ccccc2)CC1. The van der Waals surface area contributed by atoms with E-state index in [9.17, 15) is 9.59 Å². The van der Waals surface area contributed by atoms with E-state index in [1.54, 1.807) is 0 Å². The number of benzene rings is 1. The highest BCUT2D eigenvalue weighted by Gasteiger charge is 2.35. The van der Waals surface area contributed by atoms with Gasteiger partial charge in [0.15, 0.2) is 0 Å². The van der Waals surface area contributed by atoms with Gasteiger partial charge in [-0.3, -0.25) is 14.5 Å². The fourth-order valence-electron chi connectivity index (χ4n) is 3.93. The van der Waals surface area contributed by atoms with Crippen LogP contribution in [0.3, 0.4) is 0 Å². The molecule has 6 heteroatoms. The quantitative estimate of drug-likeness (QED) is 0.872. The van der Waals surface area contributed by atoms with Gasteiger partial charge in [0, 0.05) is 51.5 Å². The Labute approximate surface area is 162 Å². The number of para-hydroxylation sites is 1. The zero-order valence-electron chi connectivity index (χ0n) is 16.8. The lowest BCUT2D eigenvalue weighted by Crippen LogP contribution is -2.59. The van der Waals surface area contributed by atoms with E-state index in [-0.39, 0.29) is 29.7 Å². The molecule has 0 bridgehead atoms. The topological polar surface area (TPSA) is 55.9 Å². The molecule has 2 heterocycles. The van der Waals surface area contributed by atoms with Crippen LogP contribution in [0.4, 0.5) is 5.69 Å². The third-order valence-corrected chi connectivity index (χ3v) is 5.24. The molecule has 2 amide bonds. The summed E-state index contributed by atoms with van der Waals surface area (Å²) in [6.45, 7) is 11.9. The first kappa shape index (κ1) is 19.7. The van der Waals surface area contributed by atoms with Crippen molar-refractivity contribution in [3.63, 3.8) is 0 Å². The summed E-state index contributed by atoms with van der Waals surface area (Å²) in [7, 11) is 0. The summed E-state index contributed by atoms with van der Waals surface area (Å²) in [4.78, 5) is 31.7. The van der Waals surface area contributed by atoms with Crippen molar-refractivity contribution in [1.82, 2.24) is 15.1 Å². The average Bonchev–Trinajstić information content (AvgIpc) is 2.64. The highest BCUT2D eigenvalue weighted by molar-refractivity contribution is 5.89. The molecular formula is C21H32N4O2. The van der Waals surface area contributed by atoms with Crippen molar-refractivity contribution in [3.05, 3.63) is 30.3 Å². The third-order valence-electron chi connectivity index (χ3n) is 5.24. The van der Waals surface area contributed by atoms with Crippen LogP contribution in [0.5, 0.6) is 0 Å². The maximum absolute atomic E-state index is 12.9. The monoisotopic (exact) mass is 372 g/mol. The molecule has 0 unspecified atom stereocenters. The van der Waals surface area contributed by atoms with Gasteiger partial charge in [0.1, 0.15) is 0 Å². The molecule has 2 saturated heterocycles. The number of rotatable bonds is 4. The fraction of sp³-hybridized carbons (Fsp3) is 0.619. The predicted molar refractivity (Wildman–Crippen MR) is 108 cm³/mol. The number of amides is 2. The Morgan fingerprint density at radius 2 is 1.74 bits per heavy atom. The Morgan fingerprint density at radius 1 is 1.07 bits per heavy atom. The first-order valence-electron chi connectivity index (χ1n) is 9.93. The molecule has 0 aromatic heterocycles. The average molecular weight is 373 g/mol. The van der Waals surface area contributed by atoms with Crippen LogP contribution in [0.15, 0.2) is 30.3 Å².